The third-order valence-electron chi connectivity index (χ3n) is 12.2. The summed E-state index contributed by atoms with van der Waals surface area (Å²) in [6, 6.07) is 69.4. The van der Waals surface area contributed by atoms with Crippen LogP contribution in [0.25, 0.3) is 33.4 Å². The molecule has 0 amide bonds. The Morgan fingerprint density at radius 2 is 0.655 bits per heavy atom. The van der Waals surface area contributed by atoms with Crippen molar-refractivity contribution < 1.29 is 4.74 Å². The SMILES string of the molecule is N=C(OC(=N)c1ccc(-c2ccc3c(c2)C2(c4ccccc4-c4ccccc42)c2ccccc2C32c3ccccc3-c3ccccc32)cc1)c1ccccc1. The number of benzene rings is 8. The van der Waals surface area contributed by atoms with E-state index in [1.807, 2.05) is 42.5 Å². The lowest BCUT2D eigenvalue weighted by atomic mass is 9.52. The molecule has 0 radical (unpaired) electrons. The molecule has 0 bridgehead atoms. The normalized spacial score (nSPS) is 14.3. The summed E-state index contributed by atoms with van der Waals surface area (Å²) in [5.74, 6) is -0.0999. The Hall–Kier alpha value is -7.10. The molecule has 3 heteroatoms. The average Bonchev–Trinajstić information content (AvgIpc) is 3.72. The highest BCUT2D eigenvalue weighted by Crippen LogP contribution is 2.67. The van der Waals surface area contributed by atoms with Crippen LogP contribution in [0.5, 0.6) is 0 Å². The Morgan fingerprint density at radius 3 is 1.13 bits per heavy atom. The van der Waals surface area contributed by atoms with E-state index in [-0.39, 0.29) is 11.8 Å². The van der Waals surface area contributed by atoms with Crippen LogP contribution in [0.2, 0.25) is 0 Å². The van der Waals surface area contributed by atoms with Gasteiger partial charge in [0.25, 0.3) is 0 Å². The first-order valence-electron chi connectivity index (χ1n) is 18.8. The third kappa shape index (κ3) is 4.15. The van der Waals surface area contributed by atoms with E-state index >= 15 is 0 Å². The highest BCUT2D eigenvalue weighted by Gasteiger charge is 2.58. The quantitative estimate of drug-likeness (QED) is 0.140. The summed E-state index contributed by atoms with van der Waals surface area (Å²) in [6.07, 6.45) is 0. The minimum absolute atomic E-state index is 0.0453. The molecule has 2 spiro atoms. The highest BCUT2D eigenvalue weighted by molar-refractivity contribution is 6.05. The van der Waals surface area contributed by atoms with E-state index < -0.39 is 10.8 Å². The van der Waals surface area contributed by atoms with Gasteiger partial charge in [-0.3, -0.25) is 10.8 Å². The van der Waals surface area contributed by atoms with E-state index in [0.717, 1.165) is 11.1 Å². The maximum absolute atomic E-state index is 8.67. The summed E-state index contributed by atoms with van der Waals surface area (Å²) in [4.78, 5) is 0. The minimum atomic E-state index is -0.555. The van der Waals surface area contributed by atoms with Crippen molar-refractivity contribution in [1.82, 2.24) is 0 Å². The summed E-state index contributed by atoms with van der Waals surface area (Å²) >= 11 is 0. The maximum Gasteiger partial charge on any atom is 0.221 e. The molecule has 0 unspecified atom stereocenters. The van der Waals surface area contributed by atoms with Gasteiger partial charge in [-0.2, -0.15) is 0 Å². The zero-order valence-corrected chi connectivity index (χ0v) is 29.9. The predicted octanol–water partition coefficient (Wildman–Crippen LogP) is 11.8. The molecule has 0 heterocycles. The first-order chi connectivity index (χ1) is 27.1. The number of hydrogen-bond donors (Lipinski definition) is 2. The van der Waals surface area contributed by atoms with Crippen LogP contribution in [0.1, 0.15) is 55.6 Å². The fraction of sp³-hybridized carbons (Fsp3) is 0.0385. The van der Waals surface area contributed by atoms with Crippen molar-refractivity contribution in [2.75, 3.05) is 0 Å². The predicted molar refractivity (Wildman–Crippen MR) is 221 cm³/mol. The monoisotopic (exact) mass is 702 g/mol. The van der Waals surface area contributed by atoms with Crippen molar-refractivity contribution in [3.05, 3.63) is 250 Å². The van der Waals surface area contributed by atoms with Crippen molar-refractivity contribution in [1.29, 1.82) is 10.8 Å². The molecule has 8 aromatic rings. The molecule has 0 saturated carbocycles. The van der Waals surface area contributed by atoms with Crippen LogP contribution in [0, 0.1) is 10.8 Å². The van der Waals surface area contributed by atoms with Crippen molar-refractivity contribution >= 4 is 11.8 Å². The van der Waals surface area contributed by atoms with Crippen molar-refractivity contribution in [3.63, 3.8) is 0 Å². The summed E-state index contributed by atoms with van der Waals surface area (Å²) < 4.78 is 5.68. The van der Waals surface area contributed by atoms with Crippen LogP contribution in [-0.2, 0) is 15.6 Å². The van der Waals surface area contributed by atoms with Gasteiger partial charge in [0, 0.05) is 11.1 Å². The Bertz CT molecular complexity index is 2800. The van der Waals surface area contributed by atoms with Crippen LogP contribution < -0.4 is 0 Å². The Labute approximate surface area is 320 Å². The molecule has 0 aromatic heterocycles. The van der Waals surface area contributed by atoms with Crippen molar-refractivity contribution in [2.45, 2.75) is 10.8 Å². The van der Waals surface area contributed by atoms with Gasteiger partial charge in [-0.15, -0.1) is 0 Å². The van der Waals surface area contributed by atoms with Gasteiger partial charge in [-0.05, 0) is 108 Å². The molecule has 0 fully saturated rings. The number of nitrogens with one attached hydrogen (secondary N) is 2. The van der Waals surface area contributed by atoms with Gasteiger partial charge in [0.2, 0.25) is 11.8 Å². The lowest BCUT2D eigenvalue weighted by Gasteiger charge is -2.49. The van der Waals surface area contributed by atoms with Crippen LogP contribution in [0.15, 0.2) is 194 Å². The molecule has 2 N–H and O–H groups in total. The van der Waals surface area contributed by atoms with Gasteiger partial charge in [-0.25, -0.2) is 0 Å². The lowest BCUT2D eigenvalue weighted by Crippen LogP contribution is -2.43. The fourth-order valence-corrected chi connectivity index (χ4v) is 10.0. The highest BCUT2D eigenvalue weighted by atomic mass is 16.5. The molecule has 55 heavy (non-hydrogen) atoms. The zero-order chi connectivity index (χ0) is 36.7. The van der Waals surface area contributed by atoms with Crippen LogP contribution in [-0.4, -0.2) is 11.8 Å². The smallest absolute Gasteiger partial charge is 0.221 e. The number of hydrogen-bond acceptors (Lipinski definition) is 3. The first kappa shape index (κ1) is 31.4. The van der Waals surface area contributed by atoms with Gasteiger partial charge in [0.15, 0.2) is 0 Å². The van der Waals surface area contributed by atoms with Crippen LogP contribution in [0.4, 0.5) is 0 Å². The van der Waals surface area contributed by atoms with E-state index in [1.54, 1.807) is 0 Å². The second kappa shape index (κ2) is 11.7. The zero-order valence-electron chi connectivity index (χ0n) is 29.9. The Morgan fingerprint density at radius 1 is 0.309 bits per heavy atom. The lowest BCUT2D eigenvalue weighted by molar-refractivity contribution is 0.538. The second-order valence-electron chi connectivity index (χ2n) is 14.7. The molecule has 3 aliphatic rings. The van der Waals surface area contributed by atoms with Crippen molar-refractivity contribution in [2.24, 2.45) is 0 Å². The van der Waals surface area contributed by atoms with E-state index in [2.05, 4.69) is 152 Å². The summed E-state index contributed by atoms with van der Waals surface area (Å²) in [6.45, 7) is 0. The topological polar surface area (TPSA) is 56.9 Å². The van der Waals surface area contributed by atoms with Gasteiger partial charge in [0.1, 0.15) is 0 Å². The van der Waals surface area contributed by atoms with Crippen molar-refractivity contribution in [3.8, 4) is 33.4 Å². The molecule has 3 nitrogen and oxygen atoms in total. The van der Waals surface area contributed by atoms with Crippen LogP contribution >= 0.6 is 0 Å². The average molecular weight is 703 g/mol. The Kier molecular flexibility index (Phi) is 6.69. The molecule has 0 saturated heterocycles. The first-order valence-corrected chi connectivity index (χ1v) is 18.8. The van der Waals surface area contributed by atoms with E-state index in [4.69, 9.17) is 15.6 Å². The standard InChI is InChI=1S/C52H34N2O/c53-49(34-14-2-1-3-15-34)55-50(54)35-28-26-33(27-29-35)36-30-31-47-48(32-36)52(43-22-10-6-18-39(43)40-19-7-11-23-44(40)52)46-25-13-12-24-45(46)51(47)41-20-8-4-16-37(41)38-17-5-9-21-42(38)51/h1-32,53-54H. The molecule has 0 aliphatic heterocycles. The minimum Gasteiger partial charge on any atom is -0.421 e. The molecular weight excluding hydrogens is 669 g/mol. The van der Waals surface area contributed by atoms with Gasteiger partial charge >= 0.3 is 0 Å². The van der Waals surface area contributed by atoms with E-state index in [0.29, 0.717) is 11.1 Å². The number of rotatable bonds is 3. The molecular formula is C52H34N2O. The third-order valence-corrected chi connectivity index (χ3v) is 12.2. The maximum atomic E-state index is 8.67. The number of fused-ring (bicyclic) bond motifs is 16. The van der Waals surface area contributed by atoms with Gasteiger partial charge < -0.3 is 4.74 Å². The number of ether oxygens (including phenoxy) is 1. The van der Waals surface area contributed by atoms with E-state index in [1.165, 1.54) is 66.8 Å². The van der Waals surface area contributed by atoms with Gasteiger partial charge in [-0.1, -0.05) is 164 Å². The molecule has 11 rings (SSSR count). The molecule has 0 atom stereocenters. The molecule has 3 aliphatic carbocycles. The second-order valence-corrected chi connectivity index (χ2v) is 14.7. The fourth-order valence-electron chi connectivity index (χ4n) is 10.0. The summed E-state index contributed by atoms with van der Waals surface area (Å²) in [7, 11) is 0. The van der Waals surface area contributed by atoms with Gasteiger partial charge in [0.05, 0.1) is 10.8 Å². The molecule has 258 valence electrons. The summed E-state index contributed by atoms with van der Waals surface area (Å²) in [5, 5.41) is 17.1. The van der Waals surface area contributed by atoms with E-state index in [9.17, 15) is 0 Å². The summed E-state index contributed by atoms with van der Waals surface area (Å²) in [5.41, 5.74) is 17.9. The van der Waals surface area contributed by atoms with Crippen LogP contribution in [0.3, 0.4) is 0 Å². The largest absolute Gasteiger partial charge is 0.421 e. The Balaban J connectivity index is 1.16. The molecule has 8 aromatic carbocycles.